The molecule has 2 rings (SSSR count). The van der Waals surface area contributed by atoms with Gasteiger partial charge in [-0.1, -0.05) is 12.1 Å². The van der Waals surface area contributed by atoms with Gasteiger partial charge < -0.3 is 0 Å². The van der Waals surface area contributed by atoms with E-state index in [-0.39, 0.29) is 11.4 Å². The number of hydrogen-bond donors (Lipinski definition) is 1. The first-order valence-corrected chi connectivity index (χ1v) is 7.44. The molecule has 0 unspecified atom stereocenters. The highest BCUT2D eigenvalue weighted by molar-refractivity contribution is 7.89. The van der Waals surface area contributed by atoms with Crippen molar-refractivity contribution in [3.05, 3.63) is 46.2 Å². The van der Waals surface area contributed by atoms with Crippen LogP contribution in [-0.2, 0) is 16.6 Å². The van der Waals surface area contributed by atoms with Crippen molar-refractivity contribution >= 4 is 21.4 Å². The molecule has 18 heavy (non-hydrogen) atoms. The van der Waals surface area contributed by atoms with Gasteiger partial charge in [0.05, 0.1) is 6.54 Å². The summed E-state index contributed by atoms with van der Waals surface area (Å²) in [5, 5.41) is 0.646. The van der Waals surface area contributed by atoms with Gasteiger partial charge in [0.15, 0.2) is 0 Å². The fourth-order valence-electron chi connectivity index (χ4n) is 1.38. The Morgan fingerprint density at radius 1 is 1.39 bits per heavy atom. The molecule has 0 aliphatic carbocycles. The van der Waals surface area contributed by atoms with Crippen LogP contribution in [0.1, 0.15) is 9.88 Å². The molecule has 0 aliphatic rings. The standard InChI is InChI=1S/C11H11FN2O2S2/c1-8-6-13-11(17-8)7-14-18(15,16)10-5-3-2-4-9(10)12/h2-6,14H,7H2,1H3. The maximum absolute atomic E-state index is 13.4. The fourth-order valence-corrected chi connectivity index (χ4v) is 3.26. The van der Waals surface area contributed by atoms with Gasteiger partial charge in [-0.15, -0.1) is 11.3 Å². The lowest BCUT2D eigenvalue weighted by Crippen LogP contribution is -2.24. The van der Waals surface area contributed by atoms with Crippen molar-refractivity contribution in [2.45, 2.75) is 18.4 Å². The predicted molar refractivity (Wildman–Crippen MR) is 67.3 cm³/mol. The molecule has 0 saturated carbocycles. The minimum absolute atomic E-state index is 0.0647. The van der Waals surface area contributed by atoms with E-state index in [2.05, 4.69) is 9.71 Å². The van der Waals surface area contributed by atoms with Crippen LogP contribution < -0.4 is 4.72 Å². The topological polar surface area (TPSA) is 59.1 Å². The average Bonchev–Trinajstić information content (AvgIpc) is 2.73. The molecule has 1 aromatic carbocycles. The largest absolute Gasteiger partial charge is 0.248 e. The van der Waals surface area contributed by atoms with E-state index in [4.69, 9.17) is 0 Å². The third-order valence-corrected chi connectivity index (χ3v) is 4.56. The van der Waals surface area contributed by atoms with E-state index in [1.165, 1.54) is 29.5 Å². The first-order valence-electron chi connectivity index (χ1n) is 5.14. The molecular formula is C11H11FN2O2S2. The number of aromatic nitrogens is 1. The molecule has 2 aromatic rings. The second kappa shape index (κ2) is 5.13. The van der Waals surface area contributed by atoms with Gasteiger partial charge in [-0.05, 0) is 19.1 Å². The number of nitrogens with one attached hydrogen (secondary N) is 1. The van der Waals surface area contributed by atoms with Crippen molar-refractivity contribution in [1.29, 1.82) is 0 Å². The van der Waals surface area contributed by atoms with E-state index in [0.717, 1.165) is 10.9 Å². The van der Waals surface area contributed by atoms with Gasteiger partial charge in [-0.2, -0.15) is 0 Å². The van der Waals surface area contributed by atoms with Crippen LogP contribution in [0, 0.1) is 12.7 Å². The molecule has 0 fully saturated rings. The highest BCUT2D eigenvalue weighted by Gasteiger charge is 2.18. The normalized spacial score (nSPS) is 11.7. The van der Waals surface area contributed by atoms with Crippen molar-refractivity contribution in [3.63, 3.8) is 0 Å². The van der Waals surface area contributed by atoms with E-state index >= 15 is 0 Å². The third kappa shape index (κ3) is 2.92. The van der Waals surface area contributed by atoms with Crippen molar-refractivity contribution in [1.82, 2.24) is 9.71 Å². The zero-order chi connectivity index (χ0) is 13.2. The van der Waals surface area contributed by atoms with Crippen LogP contribution in [0.25, 0.3) is 0 Å². The Balaban J connectivity index is 2.16. The number of aryl methyl sites for hydroxylation is 1. The number of benzene rings is 1. The molecular weight excluding hydrogens is 275 g/mol. The van der Waals surface area contributed by atoms with Crippen LogP contribution in [0.5, 0.6) is 0 Å². The Labute approximate surface area is 109 Å². The molecule has 7 heteroatoms. The molecule has 0 aliphatic heterocycles. The minimum Gasteiger partial charge on any atom is -0.248 e. The van der Waals surface area contributed by atoms with E-state index in [9.17, 15) is 12.8 Å². The van der Waals surface area contributed by atoms with E-state index in [0.29, 0.717) is 5.01 Å². The van der Waals surface area contributed by atoms with Crippen molar-refractivity contribution in [2.75, 3.05) is 0 Å². The van der Waals surface area contributed by atoms with Gasteiger partial charge in [0.25, 0.3) is 0 Å². The minimum atomic E-state index is -3.84. The molecule has 0 bridgehead atoms. The molecule has 1 heterocycles. The van der Waals surface area contributed by atoms with Gasteiger partial charge in [-0.3, -0.25) is 0 Å². The lowest BCUT2D eigenvalue weighted by atomic mass is 10.4. The molecule has 1 aromatic heterocycles. The maximum Gasteiger partial charge on any atom is 0.243 e. The summed E-state index contributed by atoms with van der Waals surface area (Å²) >= 11 is 1.40. The number of thiazole rings is 1. The molecule has 0 amide bonds. The first-order chi connectivity index (χ1) is 8.49. The second-order valence-corrected chi connectivity index (χ2v) is 6.67. The second-order valence-electron chi connectivity index (χ2n) is 3.62. The summed E-state index contributed by atoms with van der Waals surface area (Å²) in [6.07, 6.45) is 1.66. The van der Waals surface area contributed by atoms with E-state index in [1.807, 2.05) is 6.92 Å². The Hall–Kier alpha value is -1.31. The van der Waals surface area contributed by atoms with Gasteiger partial charge in [0.2, 0.25) is 10.0 Å². The van der Waals surface area contributed by atoms with Crippen LogP contribution in [0.2, 0.25) is 0 Å². The highest BCUT2D eigenvalue weighted by Crippen LogP contribution is 2.15. The molecule has 0 radical (unpaired) electrons. The van der Waals surface area contributed by atoms with Crippen LogP contribution in [-0.4, -0.2) is 13.4 Å². The average molecular weight is 286 g/mol. The molecule has 4 nitrogen and oxygen atoms in total. The highest BCUT2D eigenvalue weighted by atomic mass is 32.2. The molecule has 0 atom stereocenters. The zero-order valence-corrected chi connectivity index (χ0v) is 11.2. The Kier molecular flexibility index (Phi) is 3.74. The van der Waals surface area contributed by atoms with Crippen molar-refractivity contribution in [2.24, 2.45) is 0 Å². The lowest BCUT2D eigenvalue weighted by molar-refractivity contribution is 0.556. The van der Waals surface area contributed by atoms with Crippen molar-refractivity contribution < 1.29 is 12.8 Å². The SMILES string of the molecule is Cc1cnc(CNS(=O)(=O)c2ccccc2F)s1. The summed E-state index contributed by atoms with van der Waals surface area (Å²) in [6.45, 7) is 1.95. The van der Waals surface area contributed by atoms with E-state index < -0.39 is 15.8 Å². The monoisotopic (exact) mass is 286 g/mol. The summed E-state index contributed by atoms with van der Waals surface area (Å²) < 4.78 is 39.4. The van der Waals surface area contributed by atoms with Gasteiger partial charge in [0.1, 0.15) is 15.7 Å². The smallest absolute Gasteiger partial charge is 0.243 e. The third-order valence-electron chi connectivity index (χ3n) is 2.21. The van der Waals surface area contributed by atoms with Gasteiger partial charge in [0, 0.05) is 11.1 Å². The van der Waals surface area contributed by atoms with Gasteiger partial charge >= 0.3 is 0 Å². The van der Waals surface area contributed by atoms with Gasteiger partial charge in [-0.25, -0.2) is 22.5 Å². The van der Waals surface area contributed by atoms with Crippen LogP contribution >= 0.6 is 11.3 Å². The number of rotatable bonds is 4. The fraction of sp³-hybridized carbons (Fsp3) is 0.182. The Bertz CT molecular complexity index is 653. The molecule has 0 spiro atoms. The van der Waals surface area contributed by atoms with Crippen molar-refractivity contribution in [3.8, 4) is 0 Å². The number of sulfonamides is 1. The molecule has 0 saturated heterocycles. The number of nitrogens with zero attached hydrogens (tertiary/aromatic N) is 1. The van der Waals surface area contributed by atoms with Crippen LogP contribution in [0.4, 0.5) is 4.39 Å². The predicted octanol–water partition coefficient (Wildman–Crippen LogP) is 2.07. The summed E-state index contributed by atoms with van der Waals surface area (Å²) in [4.78, 5) is 4.68. The maximum atomic E-state index is 13.4. The summed E-state index contributed by atoms with van der Waals surface area (Å²) in [7, 11) is -3.84. The Morgan fingerprint density at radius 3 is 2.72 bits per heavy atom. The summed E-state index contributed by atoms with van der Waals surface area (Å²) in [5.74, 6) is -0.764. The lowest BCUT2D eigenvalue weighted by Gasteiger charge is -2.05. The zero-order valence-electron chi connectivity index (χ0n) is 9.55. The van der Waals surface area contributed by atoms with Crippen LogP contribution in [0.3, 0.4) is 0 Å². The summed E-state index contributed by atoms with van der Waals surface area (Å²) in [6, 6.07) is 5.26. The quantitative estimate of drug-likeness (QED) is 0.936. The van der Waals surface area contributed by atoms with E-state index in [1.54, 1.807) is 6.20 Å². The first kappa shape index (κ1) is 13.1. The molecule has 1 N–H and O–H groups in total. The Morgan fingerprint density at radius 2 is 2.11 bits per heavy atom. The van der Waals surface area contributed by atoms with Crippen LogP contribution in [0.15, 0.2) is 35.4 Å². The number of hydrogen-bond acceptors (Lipinski definition) is 4. The number of halogens is 1. The summed E-state index contributed by atoms with van der Waals surface area (Å²) in [5.41, 5.74) is 0. The molecule has 96 valence electrons.